The number of pyridine rings is 2. The first-order valence-corrected chi connectivity index (χ1v) is 21.5. The smallest absolute Gasteiger partial charge is 0.305 e. The number of hydrogen-bond acceptors (Lipinski definition) is 12. The third-order valence-electron chi connectivity index (χ3n) is 10.5. The van der Waals surface area contributed by atoms with E-state index < -0.39 is 12.0 Å². The van der Waals surface area contributed by atoms with Gasteiger partial charge in [-0.15, -0.1) is 0 Å². The number of halogens is 2. The number of rotatable bonds is 22. The number of aliphatic carboxylic acids is 1. The Kier molecular flexibility index (Phi) is 17.4. The van der Waals surface area contributed by atoms with Gasteiger partial charge in [0.1, 0.15) is 49.4 Å². The molecule has 0 saturated heterocycles. The molecule has 1 atom stereocenters. The van der Waals surface area contributed by atoms with E-state index in [1.165, 1.54) is 0 Å². The highest BCUT2D eigenvalue weighted by Crippen LogP contribution is 2.37. The van der Waals surface area contributed by atoms with Crippen molar-refractivity contribution in [1.82, 2.24) is 15.3 Å². The molecule has 0 radical (unpaired) electrons. The Morgan fingerprint density at radius 1 is 0.662 bits per heavy atom. The van der Waals surface area contributed by atoms with Crippen molar-refractivity contribution in [2.75, 3.05) is 20.7 Å². The van der Waals surface area contributed by atoms with Crippen LogP contribution in [0.5, 0.6) is 23.0 Å². The molecule has 0 unspecified atom stereocenters. The lowest BCUT2D eigenvalue weighted by Gasteiger charge is -2.19. The number of ether oxygens (including phenoxy) is 4. The average molecular weight is 921 g/mol. The van der Waals surface area contributed by atoms with E-state index in [0.717, 1.165) is 55.6 Å². The summed E-state index contributed by atoms with van der Waals surface area (Å²) in [6.45, 7) is 4.49. The van der Waals surface area contributed by atoms with Crippen LogP contribution in [0.3, 0.4) is 0 Å². The number of nitrogens with one attached hydrogen (secondary N) is 1. The van der Waals surface area contributed by atoms with Crippen LogP contribution in [0.4, 0.5) is 0 Å². The number of hydrogen-bond donors (Lipinski definition) is 4. The van der Waals surface area contributed by atoms with Crippen molar-refractivity contribution in [2.24, 2.45) is 9.98 Å². The average Bonchev–Trinajstić information content (AvgIpc) is 3.30. The van der Waals surface area contributed by atoms with Crippen molar-refractivity contribution in [1.29, 1.82) is 0 Å². The first kappa shape index (κ1) is 48.1. The van der Waals surface area contributed by atoms with Gasteiger partial charge in [0.05, 0.1) is 29.7 Å². The number of benzene rings is 4. The fourth-order valence-corrected chi connectivity index (χ4v) is 7.56. The van der Waals surface area contributed by atoms with Crippen LogP contribution in [0.15, 0.2) is 108 Å². The molecular formula is C50H51Cl2N5O8. The zero-order valence-electron chi connectivity index (χ0n) is 36.6. The minimum Gasteiger partial charge on any atom is -0.488 e. The Balaban J connectivity index is 1.18. The van der Waals surface area contributed by atoms with E-state index in [1.807, 2.05) is 36.4 Å². The van der Waals surface area contributed by atoms with E-state index in [1.54, 1.807) is 75.6 Å². The molecule has 13 nitrogen and oxygen atoms in total. The number of aliphatic hydroxyl groups excluding tert-OH is 2. The van der Waals surface area contributed by atoms with E-state index >= 15 is 0 Å². The van der Waals surface area contributed by atoms with Crippen LogP contribution in [0.1, 0.15) is 62.1 Å². The molecule has 6 rings (SSSR count). The molecule has 0 aliphatic carbocycles. The molecule has 0 spiro atoms. The molecule has 2 heterocycles. The maximum absolute atomic E-state index is 11.4. The minimum atomic E-state index is -1.03. The third kappa shape index (κ3) is 13.1. The number of nitrogens with zero attached hydrogens (tertiary/aromatic N) is 4. The first-order chi connectivity index (χ1) is 31.5. The second-order valence-corrected chi connectivity index (χ2v) is 16.0. The zero-order chi connectivity index (χ0) is 46.3. The molecule has 0 fully saturated rings. The molecule has 338 valence electrons. The monoisotopic (exact) mass is 919 g/mol. The molecule has 65 heavy (non-hydrogen) atoms. The summed E-state index contributed by atoms with van der Waals surface area (Å²) in [6.07, 6.45) is 10.0. The Bertz CT molecular complexity index is 2660. The fraction of sp³-hybridized carbons (Fsp3) is 0.260. The van der Waals surface area contributed by atoms with Crippen molar-refractivity contribution in [2.45, 2.75) is 65.9 Å². The van der Waals surface area contributed by atoms with Gasteiger partial charge in [-0.2, -0.15) is 0 Å². The predicted octanol–water partition coefficient (Wildman–Crippen LogP) is 8.90. The third-order valence-corrected chi connectivity index (χ3v) is 11.1. The van der Waals surface area contributed by atoms with Crippen LogP contribution in [-0.4, -0.2) is 70.4 Å². The van der Waals surface area contributed by atoms with E-state index in [-0.39, 0.29) is 52.6 Å². The van der Waals surface area contributed by atoms with Crippen molar-refractivity contribution in [3.05, 3.63) is 163 Å². The lowest BCUT2D eigenvalue weighted by atomic mass is 9.92. The summed E-state index contributed by atoms with van der Waals surface area (Å²) in [6, 6.07) is 22.1. The van der Waals surface area contributed by atoms with E-state index in [9.17, 15) is 20.1 Å². The van der Waals surface area contributed by atoms with Gasteiger partial charge < -0.3 is 39.6 Å². The highest BCUT2D eigenvalue weighted by molar-refractivity contribution is 6.32. The molecule has 6 aromatic rings. The number of aliphatic hydroxyl groups is 2. The van der Waals surface area contributed by atoms with Gasteiger partial charge in [-0.25, -0.2) is 0 Å². The number of carbonyl (C=O) groups is 1. The lowest BCUT2D eigenvalue weighted by Crippen LogP contribution is -2.34. The van der Waals surface area contributed by atoms with Crippen molar-refractivity contribution < 1.29 is 39.1 Å². The number of carboxylic acids is 1. The highest BCUT2D eigenvalue weighted by atomic mass is 35.5. The largest absolute Gasteiger partial charge is 0.488 e. The molecular weight excluding hydrogens is 869 g/mol. The van der Waals surface area contributed by atoms with Gasteiger partial charge in [-0.05, 0) is 71.5 Å². The van der Waals surface area contributed by atoms with Gasteiger partial charge in [0.2, 0.25) is 0 Å². The van der Waals surface area contributed by atoms with Crippen LogP contribution in [0.25, 0.3) is 11.1 Å². The lowest BCUT2D eigenvalue weighted by molar-refractivity contribution is -0.137. The molecule has 0 aliphatic heterocycles. The Labute approximate surface area is 388 Å². The first-order valence-electron chi connectivity index (χ1n) is 20.7. The number of carboxylic acid groups (broad SMARTS) is 1. The molecule has 0 amide bonds. The normalized spacial score (nSPS) is 11.9. The molecule has 2 aromatic heterocycles. The Morgan fingerprint density at radius 2 is 1.14 bits per heavy atom. The molecule has 0 saturated carbocycles. The molecule has 0 aliphatic rings. The molecule has 15 heteroatoms. The number of aromatic nitrogens is 2. The Hall–Kier alpha value is -6.35. The summed E-state index contributed by atoms with van der Waals surface area (Å²) in [5.74, 6) is 0.699. The van der Waals surface area contributed by atoms with E-state index in [4.69, 9.17) is 42.1 Å². The van der Waals surface area contributed by atoms with Gasteiger partial charge in [0, 0.05) is 109 Å². The Morgan fingerprint density at radius 3 is 1.60 bits per heavy atom. The summed E-state index contributed by atoms with van der Waals surface area (Å²) < 4.78 is 25.1. The van der Waals surface area contributed by atoms with Crippen molar-refractivity contribution in [3.63, 3.8) is 0 Å². The summed E-state index contributed by atoms with van der Waals surface area (Å²) in [7, 11) is 3.38. The van der Waals surface area contributed by atoms with Crippen molar-refractivity contribution in [3.8, 4) is 34.1 Å². The maximum Gasteiger partial charge on any atom is 0.305 e. The zero-order valence-corrected chi connectivity index (χ0v) is 38.1. The molecule has 4 aromatic carbocycles. The standard InChI is InChI=1S/C50H51Cl2N5O8/c1-31-37(29-64-48-16-46(62-27-35-11-33(18-53-3)20-55-22-35)39(13-44(48)51)24-57-41(26-59)15-50(60)61)7-5-9-42(31)43-10-6-8-38(32(43)2)30-65-49-17-47(40(25-58)14-45(49)52)63-28-36-12-34(19-54-4)21-56-23-36/h5-14,16-23,41,57-59H,15,24-30H2,1-4H3,(H,60,61)/b53-18+,54-19+/t41-/m0/s1. The van der Waals surface area contributed by atoms with Gasteiger partial charge in [0.15, 0.2) is 0 Å². The van der Waals surface area contributed by atoms with Gasteiger partial charge in [-0.1, -0.05) is 59.6 Å². The fourth-order valence-electron chi connectivity index (χ4n) is 7.08. The SMILES string of the molecule is C/N=C/c1cncc(COc2cc(OCc3cccc(-c4cccc(COc5cc(OCc6cncc(/C=N/C)c6)c(CN[C@H](CO)CC(=O)O)cc5Cl)c4C)c3C)c(Cl)cc2CO)c1. The summed E-state index contributed by atoms with van der Waals surface area (Å²) in [4.78, 5) is 28.0. The van der Waals surface area contributed by atoms with Crippen LogP contribution < -0.4 is 24.3 Å². The minimum absolute atomic E-state index is 0.178. The predicted molar refractivity (Wildman–Crippen MR) is 253 cm³/mol. The van der Waals surface area contributed by atoms with E-state index in [0.29, 0.717) is 44.2 Å². The molecule has 0 bridgehead atoms. The molecule has 4 N–H and O–H groups in total. The van der Waals surface area contributed by atoms with Gasteiger partial charge >= 0.3 is 5.97 Å². The van der Waals surface area contributed by atoms with E-state index in [2.05, 4.69) is 51.2 Å². The van der Waals surface area contributed by atoms with Gasteiger partial charge in [0.25, 0.3) is 0 Å². The number of aliphatic imine (C=N–C) groups is 2. The topological polar surface area (TPSA) is 177 Å². The van der Waals surface area contributed by atoms with Gasteiger partial charge in [-0.3, -0.25) is 24.7 Å². The van der Waals surface area contributed by atoms with Crippen LogP contribution in [0, 0.1) is 13.8 Å². The van der Waals surface area contributed by atoms with Crippen molar-refractivity contribution >= 4 is 41.6 Å². The van der Waals surface area contributed by atoms with Crippen LogP contribution in [-0.2, 0) is 44.4 Å². The van der Waals surface area contributed by atoms with Crippen LogP contribution in [0.2, 0.25) is 10.0 Å². The summed E-state index contributed by atoms with van der Waals surface area (Å²) in [5, 5.41) is 32.9. The quantitative estimate of drug-likeness (QED) is 0.0479. The van der Waals surface area contributed by atoms with Crippen LogP contribution >= 0.6 is 23.2 Å². The maximum atomic E-state index is 11.4. The summed E-state index contributed by atoms with van der Waals surface area (Å²) >= 11 is 13.5. The highest BCUT2D eigenvalue weighted by Gasteiger charge is 2.18. The second kappa shape index (κ2) is 23.5. The summed E-state index contributed by atoms with van der Waals surface area (Å²) in [5.41, 5.74) is 10.5. The second-order valence-electron chi connectivity index (χ2n) is 15.2.